The van der Waals surface area contributed by atoms with Crippen molar-refractivity contribution in [1.82, 2.24) is 10.2 Å². The third-order valence-corrected chi connectivity index (χ3v) is 2.81. The van der Waals surface area contributed by atoms with Crippen LogP contribution < -0.4 is 5.32 Å². The molecule has 0 aromatic carbocycles. The Morgan fingerprint density at radius 1 is 1.57 bits per heavy atom. The molecule has 2 heteroatoms. The van der Waals surface area contributed by atoms with Crippen LogP contribution >= 0.6 is 0 Å². The van der Waals surface area contributed by atoms with E-state index in [1.807, 2.05) is 0 Å². The molecule has 1 aliphatic rings. The van der Waals surface area contributed by atoms with Gasteiger partial charge in [0, 0.05) is 12.6 Å². The first-order chi connectivity index (χ1) is 6.59. The van der Waals surface area contributed by atoms with Gasteiger partial charge in [0.2, 0.25) is 0 Å². The number of nitrogens with one attached hydrogen (secondary N) is 1. The fraction of sp³-hybridized carbons (Fsp3) is 0.833. The highest BCUT2D eigenvalue weighted by Crippen LogP contribution is 2.15. The number of hydrogen-bond acceptors (Lipinski definition) is 2. The van der Waals surface area contributed by atoms with E-state index < -0.39 is 0 Å². The second-order valence-corrected chi connectivity index (χ2v) is 4.86. The van der Waals surface area contributed by atoms with E-state index in [2.05, 4.69) is 37.7 Å². The summed E-state index contributed by atoms with van der Waals surface area (Å²) in [5, 5.41) is 3.49. The van der Waals surface area contributed by atoms with Gasteiger partial charge in [-0.15, -0.1) is 0 Å². The molecule has 1 fully saturated rings. The van der Waals surface area contributed by atoms with E-state index in [1.54, 1.807) is 0 Å². The summed E-state index contributed by atoms with van der Waals surface area (Å²) in [7, 11) is 2.21. The van der Waals surface area contributed by atoms with E-state index in [1.165, 1.54) is 31.5 Å². The van der Waals surface area contributed by atoms with E-state index in [4.69, 9.17) is 0 Å². The molecule has 0 aromatic rings. The SMILES string of the molecule is C=C1CCNC1CCN(C)CC(C)C. The summed E-state index contributed by atoms with van der Waals surface area (Å²) in [6, 6.07) is 0.574. The zero-order chi connectivity index (χ0) is 10.6. The maximum atomic E-state index is 4.09. The van der Waals surface area contributed by atoms with Crippen LogP contribution in [0.4, 0.5) is 0 Å². The van der Waals surface area contributed by atoms with Gasteiger partial charge < -0.3 is 10.2 Å². The second kappa shape index (κ2) is 5.52. The zero-order valence-corrected chi connectivity index (χ0v) is 9.84. The van der Waals surface area contributed by atoms with Crippen molar-refractivity contribution in [3.63, 3.8) is 0 Å². The number of nitrogens with zero attached hydrogens (tertiary/aromatic N) is 1. The summed E-state index contributed by atoms with van der Waals surface area (Å²) in [4.78, 5) is 2.41. The summed E-state index contributed by atoms with van der Waals surface area (Å²) in [6.45, 7) is 12.1. The summed E-state index contributed by atoms with van der Waals surface area (Å²) >= 11 is 0. The Bertz CT molecular complexity index is 187. The van der Waals surface area contributed by atoms with Gasteiger partial charge in [0.15, 0.2) is 0 Å². The molecule has 0 aliphatic carbocycles. The van der Waals surface area contributed by atoms with Crippen LogP contribution in [-0.4, -0.2) is 37.6 Å². The Hall–Kier alpha value is -0.340. The number of hydrogen-bond donors (Lipinski definition) is 1. The van der Waals surface area contributed by atoms with Crippen LogP contribution in [0.15, 0.2) is 12.2 Å². The Morgan fingerprint density at radius 2 is 2.29 bits per heavy atom. The van der Waals surface area contributed by atoms with Crippen molar-refractivity contribution in [3.05, 3.63) is 12.2 Å². The van der Waals surface area contributed by atoms with Crippen molar-refractivity contribution in [2.75, 3.05) is 26.7 Å². The minimum absolute atomic E-state index is 0.574. The summed E-state index contributed by atoms with van der Waals surface area (Å²) in [5.74, 6) is 0.764. The molecule has 82 valence electrons. The van der Waals surface area contributed by atoms with Gasteiger partial charge in [0.25, 0.3) is 0 Å². The molecular formula is C12H24N2. The predicted molar refractivity (Wildman–Crippen MR) is 62.5 cm³/mol. The molecule has 0 bridgehead atoms. The summed E-state index contributed by atoms with van der Waals surface area (Å²) < 4.78 is 0. The summed E-state index contributed by atoms with van der Waals surface area (Å²) in [6.07, 6.45) is 2.38. The van der Waals surface area contributed by atoms with Crippen LogP contribution in [0.25, 0.3) is 0 Å². The van der Waals surface area contributed by atoms with E-state index in [9.17, 15) is 0 Å². The molecule has 1 N–H and O–H groups in total. The lowest BCUT2D eigenvalue weighted by Crippen LogP contribution is -2.31. The van der Waals surface area contributed by atoms with Crippen molar-refractivity contribution in [1.29, 1.82) is 0 Å². The maximum absolute atomic E-state index is 4.09. The van der Waals surface area contributed by atoms with Gasteiger partial charge in [-0.1, -0.05) is 26.0 Å². The van der Waals surface area contributed by atoms with Crippen molar-refractivity contribution in [2.24, 2.45) is 5.92 Å². The second-order valence-electron chi connectivity index (χ2n) is 4.86. The third kappa shape index (κ3) is 3.81. The average Bonchev–Trinajstić information content (AvgIpc) is 2.46. The topological polar surface area (TPSA) is 15.3 Å². The largest absolute Gasteiger partial charge is 0.310 e. The van der Waals surface area contributed by atoms with Crippen LogP contribution in [-0.2, 0) is 0 Å². The molecule has 0 amide bonds. The molecule has 14 heavy (non-hydrogen) atoms. The van der Waals surface area contributed by atoms with Crippen LogP contribution in [0.2, 0.25) is 0 Å². The Morgan fingerprint density at radius 3 is 2.79 bits per heavy atom. The standard InChI is InChI=1S/C12H24N2/c1-10(2)9-14(4)8-6-12-11(3)5-7-13-12/h10,12-13H,3,5-9H2,1-2,4H3. The lowest BCUT2D eigenvalue weighted by atomic mass is 10.1. The first kappa shape index (κ1) is 11.7. The molecule has 1 aliphatic heterocycles. The van der Waals surface area contributed by atoms with Gasteiger partial charge in [-0.2, -0.15) is 0 Å². The van der Waals surface area contributed by atoms with E-state index in [-0.39, 0.29) is 0 Å². The van der Waals surface area contributed by atoms with Crippen molar-refractivity contribution >= 4 is 0 Å². The van der Waals surface area contributed by atoms with Crippen LogP contribution in [0.1, 0.15) is 26.7 Å². The van der Waals surface area contributed by atoms with Gasteiger partial charge >= 0.3 is 0 Å². The molecule has 0 aromatic heterocycles. The molecule has 0 radical (unpaired) electrons. The van der Waals surface area contributed by atoms with Gasteiger partial charge in [-0.3, -0.25) is 0 Å². The van der Waals surface area contributed by atoms with E-state index in [0.717, 1.165) is 12.5 Å². The molecule has 2 nitrogen and oxygen atoms in total. The minimum Gasteiger partial charge on any atom is -0.310 e. The predicted octanol–water partition coefficient (Wildman–Crippen LogP) is 1.88. The fourth-order valence-corrected chi connectivity index (χ4v) is 2.10. The highest BCUT2D eigenvalue weighted by molar-refractivity contribution is 5.10. The molecular weight excluding hydrogens is 172 g/mol. The maximum Gasteiger partial charge on any atom is 0.0289 e. The third-order valence-electron chi connectivity index (χ3n) is 2.81. The molecule has 0 saturated carbocycles. The fourth-order valence-electron chi connectivity index (χ4n) is 2.10. The molecule has 1 unspecified atom stereocenters. The Kier molecular flexibility index (Phi) is 4.63. The lowest BCUT2D eigenvalue weighted by molar-refractivity contribution is 0.285. The Balaban J connectivity index is 2.16. The molecule has 1 rings (SSSR count). The van der Waals surface area contributed by atoms with Crippen molar-refractivity contribution < 1.29 is 0 Å². The zero-order valence-electron chi connectivity index (χ0n) is 9.84. The molecule has 1 atom stereocenters. The normalized spacial score (nSPS) is 22.6. The molecule has 1 heterocycles. The highest BCUT2D eigenvalue weighted by atomic mass is 15.1. The monoisotopic (exact) mass is 196 g/mol. The van der Waals surface area contributed by atoms with Gasteiger partial charge in [0.05, 0.1) is 0 Å². The number of rotatable bonds is 5. The van der Waals surface area contributed by atoms with Gasteiger partial charge in [-0.25, -0.2) is 0 Å². The first-order valence-electron chi connectivity index (χ1n) is 5.69. The Labute approximate surface area is 88.4 Å². The smallest absolute Gasteiger partial charge is 0.0289 e. The lowest BCUT2D eigenvalue weighted by Gasteiger charge is -2.21. The van der Waals surface area contributed by atoms with Crippen LogP contribution in [0, 0.1) is 5.92 Å². The van der Waals surface area contributed by atoms with E-state index in [0.29, 0.717) is 6.04 Å². The van der Waals surface area contributed by atoms with Crippen molar-refractivity contribution in [2.45, 2.75) is 32.7 Å². The van der Waals surface area contributed by atoms with Crippen LogP contribution in [0.3, 0.4) is 0 Å². The first-order valence-corrected chi connectivity index (χ1v) is 5.69. The minimum atomic E-state index is 0.574. The van der Waals surface area contributed by atoms with E-state index >= 15 is 0 Å². The van der Waals surface area contributed by atoms with Gasteiger partial charge in [-0.05, 0) is 38.9 Å². The summed E-state index contributed by atoms with van der Waals surface area (Å²) in [5.41, 5.74) is 1.39. The molecule has 1 saturated heterocycles. The molecule has 0 spiro atoms. The van der Waals surface area contributed by atoms with Crippen molar-refractivity contribution in [3.8, 4) is 0 Å². The highest BCUT2D eigenvalue weighted by Gasteiger charge is 2.18. The quantitative estimate of drug-likeness (QED) is 0.675. The van der Waals surface area contributed by atoms with Crippen LogP contribution in [0.5, 0.6) is 0 Å². The van der Waals surface area contributed by atoms with Gasteiger partial charge in [0.1, 0.15) is 0 Å². The average molecular weight is 196 g/mol.